The first-order valence-corrected chi connectivity index (χ1v) is 8.89. The first-order valence-electron chi connectivity index (χ1n) is 8.01. The molecule has 2 amide bonds. The summed E-state index contributed by atoms with van der Waals surface area (Å²) in [5, 5.41) is 1.91. The molecular formula is C16H23N3O2S. The largest absolute Gasteiger partial charge is 0.339 e. The second-order valence-electron chi connectivity index (χ2n) is 6.21. The second-order valence-corrected chi connectivity index (χ2v) is 7.16. The summed E-state index contributed by atoms with van der Waals surface area (Å²) in [6, 6.07) is 3.93. The quantitative estimate of drug-likeness (QED) is 0.918. The maximum atomic E-state index is 12.4. The topological polar surface area (TPSA) is 66.6 Å². The Morgan fingerprint density at radius 1 is 1.18 bits per heavy atom. The van der Waals surface area contributed by atoms with Crippen LogP contribution in [0, 0.1) is 5.92 Å². The van der Waals surface area contributed by atoms with Gasteiger partial charge in [-0.25, -0.2) is 0 Å². The van der Waals surface area contributed by atoms with E-state index in [1.165, 1.54) is 11.3 Å². The Hall–Kier alpha value is -1.40. The van der Waals surface area contributed by atoms with Crippen LogP contribution in [0.15, 0.2) is 17.5 Å². The van der Waals surface area contributed by atoms with Gasteiger partial charge in [0.25, 0.3) is 5.91 Å². The number of thiophene rings is 1. The third-order valence-corrected chi connectivity index (χ3v) is 5.66. The van der Waals surface area contributed by atoms with E-state index in [1.807, 2.05) is 27.3 Å². The van der Waals surface area contributed by atoms with Crippen LogP contribution in [0.3, 0.4) is 0 Å². The maximum Gasteiger partial charge on any atom is 0.264 e. The smallest absolute Gasteiger partial charge is 0.264 e. The number of hydrogen-bond acceptors (Lipinski definition) is 4. The van der Waals surface area contributed by atoms with Crippen molar-refractivity contribution >= 4 is 23.2 Å². The third kappa shape index (κ3) is 3.33. The summed E-state index contributed by atoms with van der Waals surface area (Å²) >= 11 is 1.47. The number of nitrogens with two attached hydrogens (primary N) is 1. The summed E-state index contributed by atoms with van der Waals surface area (Å²) in [4.78, 5) is 29.2. The average Bonchev–Trinajstić information content (AvgIpc) is 3.19. The van der Waals surface area contributed by atoms with Crippen molar-refractivity contribution < 1.29 is 9.59 Å². The second kappa shape index (κ2) is 6.79. The van der Waals surface area contributed by atoms with Crippen LogP contribution in [-0.4, -0.2) is 53.8 Å². The van der Waals surface area contributed by atoms with Crippen molar-refractivity contribution in [2.75, 3.05) is 26.2 Å². The molecule has 0 bridgehead atoms. The molecule has 1 saturated heterocycles. The van der Waals surface area contributed by atoms with Gasteiger partial charge in [0.2, 0.25) is 5.91 Å². The lowest BCUT2D eigenvalue weighted by Gasteiger charge is -2.35. The molecule has 22 heavy (non-hydrogen) atoms. The molecule has 1 aromatic rings. The zero-order chi connectivity index (χ0) is 15.5. The lowest BCUT2D eigenvalue weighted by atomic mass is 9.99. The molecule has 3 rings (SSSR count). The van der Waals surface area contributed by atoms with E-state index in [2.05, 4.69) is 0 Å². The highest BCUT2D eigenvalue weighted by Gasteiger charge is 2.30. The van der Waals surface area contributed by atoms with Gasteiger partial charge < -0.3 is 15.5 Å². The van der Waals surface area contributed by atoms with Gasteiger partial charge in [0.05, 0.1) is 4.88 Å². The predicted molar refractivity (Wildman–Crippen MR) is 86.7 cm³/mol. The van der Waals surface area contributed by atoms with Gasteiger partial charge in [-0.3, -0.25) is 9.59 Å². The lowest BCUT2D eigenvalue weighted by Crippen LogP contribution is -2.51. The van der Waals surface area contributed by atoms with E-state index >= 15 is 0 Å². The lowest BCUT2D eigenvalue weighted by molar-refractivity contribution is -0.133. The molecule has 0 spiro atoms. The molecule has 120 valence electrons. The summed E-state index contributed by atoms with van der Waals surface area (Å²) in [5.41, 5.74) is 6.05. The van der Waals surface area contributed by atoms with Crippen molar-refractivity contribution in [2.24, 2.45) is 11.7 Å². The molecule has 2 aliphatic rings. The van der Waals surface area contributed by atoms with E-state index in [4.69, 9.17) is 5.73 Å². The zero-order valence-electron chi connectivity index (χ0n) is 12.7. The zero-order valence-corrected chi connectivity index (χ0v) is 13.6. The van der Waals surface area contributed by atoms with E-state index in [1.54, 1.807) is 0 Å². The van der Waals surface area contributed by atoms with Crippen LogP contribution in [0.2, 0.25) is 0 Å². The Bertz CT molecular complexity index is 524. The highest BCUT2D eigenvalue weighted by molar-refractivity contribution is 7.12. The van der Waals surface area contributed by atoms with Crippen molar-refractivity contribution in [3.63, 3.8) is 0 Å². The molecule has 1 aromatic heterocycles. The molecule has 0 aromatic carbocycles. The normalized spacial score (nSPS) is 25.5. The summed E-state index contributed by atoms with van der Waals surface area (Å²) in [6.45, 7) is 2.52. The maximum absolute atomic E-state index is 12.4. The van der Waals surface area contributed by atoms with Crippen LogP contribution in [0.5, 0.6) is 0 Å². The van der Waals surface area contributed by atoms with Gasteiger partial charge >= 0.3 is 0 Å². The molecule has 2 N–H and O–H groups in total. The molecule has 2 fully saturated rings. The number of carbonyl (C=O) groups excluding carboxylic acids is 2. The fraction of sp³-hybridized carbons (Fsp3) is 0.625. The fourth-order valence-corrected chi connectivity index (χ4v) is 4.08. The van der Waals surface area contributed by atoms with E-state index in [-0.39, 0.29) is 17.9 Å². The van der Waals surface area contributed by atoms with E-state index in [0.29, 0.717) is 38.5 Å². The Balaban J connectivity index is 1.49. The van der Waals surface area contributed by atoms with Crippen LogP contribution >= 0.6 is 11.3 Å². The molecule has 2 atom stereocenters. The van der Waals surface area contributed by atoms with Crippen molar-refractivity contribution in [2.45, 2.75) is 31.7 Å². The van der Waals surface area contributed by atoms with Crippen molar-refractivity contribution in [3.05, 3.63) is 22.4 Å². The third-order valence-electron chi connectivity index (χ3n) is 4.81. The molecule has 1 aliphatic carbocycles. The van der Waals surface area contributed by atoms with Gasteiger partial charge in [-0.2, -0.15) is 0 Å². The number of hydrogen-bond donors (Lipinski definition) is 1. The summed E-state index contributed by atoms with van der Waals surface area (Å²) in [7, 11) is 0. The minimum absolute atomic E-state index is 0.0833. The highest BCUT2D eigenvalue weighted by atomic mass is 32.1. The number of piperazine rings is 1. The highest BCUT2D eigenvalue weighted by Crippen LogP contribution is 2.27. The van der Waals surface area contributed by atoms with E-state index in [9.17, 15) is 9.59 Å². The Labute approximate surface area is 135 Å². The van der Waals surface area contributed by atoms with Crippen LogP contribution < -0.4 is 5.73 Å². The summed E-state index contributed by atoms with van der Waals surface area (Å²) in [6.07, 6.45) is 3.83. The molecule has 0 radical (unpaired) electrons. The molecule has 1 saturated carbocycles. The van der Waals surface area contributed by atoms with Crippen molar-refractivity contribution in [1.82, 2.24) is 9.80 Å². The average molecular weight is 321 g/mol. The van der Waals surface area contributed by atoms with Crippen molar-refractivity contribution in [1.29, 1.82) is 0 Å². The van der Waals surface area contributed by atoms with Gasteiger partial charge in [-0.15, -0.1) is 11.3 Å². The predicted octanol–water partition coefficient (Wildman–Crippen LogP) is 1.55. The summed E-state index contributed by atoms with van der Waals surface area (Å²) in [5.74, 6) is 0.628. The molecule has 2 heterocycles. The Morgan fingerprint density at radius 2 is 1.91 bits per heavy atom. The van der Waals surface area contributed by atoms with Gasteiger partial charge in [0.15, 0.2) is 0 Å². The minimum atomic E-state index is 0.0833. The molecule has 5 nitrogen and oxygen atoms in total. The number of nitrogens with zero attached hydrogens (tertiary/aromatic N) is 2. The summed E-state index contributed by atoms with van der Waals surface area (Å²) < 4.78 is 0. The SMILES string of the molecule is N[C@@H]1CCC[C@H]1CC(=O)N1CCN(C(=O)c2cccs2)CC1. The van der Waals surface area contributed by atoms with Crippen LogP contribution in [-0.2, 0) is 4.79 Å². The van der Waals surface area contributed by atoms with Crippen LogP contribution in [0.25, 0.3) is 0 Å². The van der Waals surface area contributed by atoms with Crippen molar-refractivity contribution in [3.8, 4) is 0 Å². The molecule has 1 aliphatic heterocycles. The van der Waals surface area contributed by atoms with Gasteiger partial charge in [0, 0.05) is 38.6 Å². The van der Waals surface area contributed by atoms with Gasteiger partial charge in [-0.05, 0) is 30.2 Å². The van der Waals surface area contributed by atoms with E-state index < -0.39 is 0 Å². The first-order chi connectivity index (χ1) is 10.6. The monoisotopic (exact) mass is 321 g/mol. The number of amides is 2. The minimum Gasteiger partial charge on any atom is -0.339 e. The van der Waals surface area contributed by atoms with Gasteiger partial charge in [-0.1, -0.05) is 12.5 Å². The van der Waals surface area contributed by atoms with Crippen LogP contribution in [0.1, 0.15) is 35.4 Å². The molecule has 6 heteroatoms. The standard InChI is InChI=1S/C16H23N3O2S/c17-13-4-1-3-12(13)11-15(20)18-6-8-19(9-7-18)16(21)14-5-2-10-22-14/h2,5,10,12-13H,1,3-4,6-9,11,17H2/t12-,13+/m0/s1. The van der Waals surface area contributed by atoms with Crippen LogP contribution in [0.4, 0.5) is 0 Å². The number of carbonyl (C=O) groups is 2. The number of rotatable bonds is 3. The molecule has 0 unspecified atom stereocenters. The molecular weight excluding hydrogens is 298 g/mol. The van der Waals surface area contributed by atoms with Gasteiger partial charge in [0.1, 0.15) is 0 Å². The first kappa shape index (κ1) is 15.5. The fourth-order valence-electron chi connectivity index (χ4n) is 3.39. The van der Waals surface area contributed by atoms with E-state index in [0.717, 1.165) is 24.1 Å². The Kier molecular flexibility index (Phi) is 4.78. The Morgan fingerprint density at radius 3 is 2.50 bits per heavy atom.